The quantitative estimate of drug-likeness (QED) is 0.823. The van der Waals surface area contributed by atoms with E-state index in [1.807, 2.05) is 0 Å². The van der Waals surface area contributed by atoms with E-state index in [1.165, 1.54) is 4.40 Å². The molecule has 3 aliphatic heterocycles. The van der Waals surface area contributed by atoms with Crippen LogP contribution >= 0.6 is 11.6 Å². The predicted octanol–water partition coefficient (Wildman–Crippen LogP) is 2.18. The summed E-state index contributed by atoms with van der Waals surface area (Å²) in [7, 11) is 0. The van der Waals surface area contributed by atoms with Crippen LogP contribution < -0.4 is 5.56 Å². The molecule has 0 spiro atoms. The highest BCUT2D eigenvalue weighted by Crippen LogP contribution is 2.29. The van der Waals surface area contributed by atoms with Crippen molar-refractivity contribution in [2.75, 3.05) is 19.6 Å². The van der Waals surface area contributed by atoms with Crippen LogP contribution in [0.4, 0.5) is 0 Å². The number of amides is 1. The molecule has 2 bridgehead atoms. The zero-order chi connectivity index (χ0) is 18.3. The number of nitrogens with zero attached hydrogens (tertiary/aromatic N) is 4. The molecular formula is C19H23ClN4O2. The summed E-state index contributed by atoms with van der Waals surface area (Å²) in [6.45, 7) is 5.14. The number of carbonyl (C=O) groups excluding carboxylic acids is 1. The SMILES string of the molecule is CCCN1C(=O)[C@H]2CC[C@@H]1CN(Cc1cc(=O)n3cc(Cl)ccc3n1)C2. The highest BCUT2D eigenvalue weighted by atomic mass is 35.5. The van der Waals surface area contributed by atoms with Crippen LogP contribution in [0, 0.1) is 5.92 Å². The standard InChI is InChI=1S/C19H23ClN4O2/c1-2-7-23-16-5-3-13(19(23)26)9-22(12-16)11-15-8-18(25)24-10-14(20)4-6-17(24)21-15/h4,6,8,10,13,16H,2-3,5,7,9,11-12H2,1H3/t13-,16+/m0/s1. The number of piperidine rings is 1. The normalized spacial score (nSPS) is 23.6. The van der Waals surface area contributed by atoms with Crippen LogP contribution in [-0.4, -0.2) is 50.8 Å². The molecule has 3 fully saturated rings. The second-order valence-electron chi connectivity index (χ2n) is 7.32. The van der Waals surface area contributed by atoms with Crippen LogP contribution in [0.2, 0.25) is 5.02 Å². The minimum atomic E-state index is -0.131. The molecule has 6 nitrogen and oxygen atoms in total. The molecule has 7 heteroatoms. The zero-order valence-electron chi connectivity index (χ0n) is 14.9. The third kappa shape index (κ3) is 3.23. The lowest BCUT2D eigenvalue weighted by Gasteiger charge is -2.35. The lowest BCUT2D eigenvalue weighted by Crippen LogP contribution is -2.48. The maximum Gasteiger partial charge on any atom is 0.258 e. The van der Waals surface area contributed by atoms with Crippen LogP contribution in [0.1, 0.15) is 31.9 Å². The minimum Gasteiger partial charge on any atom is -0.338 e. The van der Waals surface area contributed by atoms with Gasteiger partial charge in [-0.2, -0.15) is 0 Å². The highest BCUT2D eigenvalue weighted by Gasteiger charge is 2.40. The Kier molecular flexibility index (Phi) is 4.71. The fourth-order valence-corrected chi connectivity index (χ4v) is 4.39. The third-order valence-corrected chi connectivity index (χ3v) is 5.62. The molecule has 2 aromatic heterocycles. The first-order valence-electron chi connectivity index (χ1n) is 9.26. The van der Waals surface area contributed by atoms with E-state index in [0.29, 0.717) is 23.1 Å². The molecule has 5 rings (SSSR count). The fraction of sp³-hybridized carbons (Fsp3) is 0.526. The van der Waals surface area contributed by atoms with Gasteiger partial charge in [-0.15, -0.1) is 0 Å². The van der Waals surface area contributed by atoms with E-state index in [1.54, 1.807) is 24.4 Å². The first-order valence-corrected chi connectivity index (χ1v) is 9.63. The molecule has 3 aliphatic rings. The van der Waals surface area contributed by atoms with Gasteiger partial charge in [-0.1, -0.05) is 18.5 Å². The molecule has 138 valence electrons. The van der Waals surface area contributed by atoms with Crippen LogP contribution in [-0.2, 0) is 11.3 Å². The van der Waals surface area contributed by atoms with Gasteiger partial charge in [0.2, 0.25) is 5.91 Å². The first kappa shape index (κ1) is 17.5. The molecule has 2 atom stereocenters. The average molecular weight is 375 g/mol. The lowest BCUT2D eigenvalue weighted by molar-refractivity contribution is -0.139. The van der Waals surface area contributed by atoms with Crippen molar-refractivity contribution in [2.24, 2.45) is 5.92 Å². The maximum absolute atomic E-state index is 12.7. The summed E-state index contributed by atoms with van der Waals surface area (Å²) in [5.74, 6) is 0.368. The van der Waals surface area contributed by atoms with Crippen molar-refractivity contribution in [2.45, 2.75) is 38.8 Å². The minimum absolute atomic E-state index is 0.0701. The van der Waals surface area contributed by atoms with Gasteiger partial charge >= 0.3 is 0 Å². The van der Waals surface area contributed by atoms with Crippen molar-refractivity contribution in [1.82, 2.24) is 19.2 Å². The summed E-state index contributed by atoms with van der Waals surface area (Å²) in [5, 5.41) is 0.507. The maximum atomic E-state index is 12.7. The van der Waals surface area contributed by atoms with Gasteiger partial charge in [-0.05, 0) is 31.4 Å². The van der Waals surface area contributed by atoms with E-state index in [4.69, 9.17) is 11.6 Å². The lowest BCUT2D eigenvalue weighted by atomic mass is 9.94. The molecule has 0 unspecified atom stereocenters. The third-order valence-electron chi connectivity index (χ3n) is 5.40. The Morgan fingerprint density at radius 3 is 2.88 bits per heavy atom. The summed E-state index contributed by atoms with van der Waals surface area (Å²) in [5.41, 5.74) is 1.21. The Labute approximate surface area is 157 Å². The Bertz CT molecular complexity index is 897. The molecule has 5 heterocycles. The molecule has 0 saturated carbocycles. The van der Waals surface area contributed by atoms with E-state index in [-0.39, 0.29) is 17.5 Å². The summed E-state index contributed by atoms with van der Waals surface area (Å²) >= 11 is 5.96. The summed E-state index contributed by atoms with van der Waals surface area (Å²) in [6, 6.07) is 5.34. The Balaban J connectivity index is 1.58. The largest absolute Gasteiger partial charge is 0.338 e. The van der Waals surface area contributed by atoms with Gasteiger partial charge < -0.3 is 4.90 Å². The number of halogens is 1. The smallest absolute Gasteiger partial charge is 0.258 e. The molecule has 26 heavy (non-hydrogen) atoms. The second-order valence-corrected chi connectivity index (χ2v) is 7.75. The van der Waals surface area contributed by atoms with Crippen LogP contribution in [0.5, 0.6) is 0 Å². The molecule has 0 N–H and O–H groups in total. The van der Waals surface area contributed by atoms with E-state index in [0.717, 1.165) is 44.6 Å². The van der Waals surface area contributed by atoms with Gasteiger partial charge in [0.1, 0.15) is 5.65 Å². The predicted molar refractivity (Wildman–Crippen MR) is 100 cm³/mol. The number of carbonyl (C=O) groups is 1. The molecule has 1 amide bonds. The fourth-order valence-electron chi connectivity index (χ4n) is 4.23. The zero-order valence-corrected chi connectivity index (χ0v) is 15.7. The molecule has 3 saturated heterocycles. The van der Waals surface area contributed by atoms with Gasteiger partial charge in [0.15, 0.2) is 0 Å². The Hall–Kier alpha value is -1.92. The van der Waals surface area contributed by atoms with Crippen molar-refractivity contribution in [3.8, 4) is 0 Å². The Morgan fingerprint density at radius 2 is 2.08 bits per heavy atom. The molecule has 0 aromatic carbocycles. The summed E-state index contributed by atoms with van der Waals surface area (Å²) < 4.78 is 1.46. The van der Waals surface area contributed by atoms with E-state index in [2.05, 4.69) is 21.7 Å². The molecule has 0 radical (unpaired) electrons. The van der Waals surface area contributed by atoms with Gasteiger partial charge in [-0.25, -0.2) is 4.98 Å². The van der Waals surface area contributed by atoms with Crippen LogP contribution in [0.3, 0.4) is 0 Å². The average Bonchev–Trinajstić information content (AvgIpc) is 2.87. The van der Waals surface area contributed by atoms with Crippen molar-refractivity contribution < 1.29 is 4.79 Å². The van der Waals surface area contributed by atoms with Crippen LogP contribution in [0.15, 0.2) is 29.2 Å². The van der Waals surface area contributed by atoms with Gasteiger partial charge in [0.05, 0.1) is 16.6 Å². The number of hydrogen-bond acceptors (Lipinski definition) is 4. The van der Waals surface area contributed by atoms with E-state index in [9.17, 15) is 9.59 Å². The molecular weight excluding hydrogens is 352 g/mol. The number of hydrogen-bond donors (Lipinski definition) is 0. The van der Waals surface area contributed by atoms with Crippen molar-refractivity contribution in [3.63, 3.8) is 0 Å². The van der Waals surface area contributed by atoms with Crippen molar-refractivity contribution >= 4 is 23.2 Å². The monoisotopic (exact) mass is 374 g/mol. The topological polar surface area (TPSA) is 57.9 Å². The summed E-state index contributed by atoms with van der Waals surface area (Å²) in [4.78, 5) is 34.0. The van der Waals surface area contributed by atoms with Gasteiger partial charge in [0, 0.05) is 44.5 Å². The molecule has 2 aromatic rings. The van der Waals surface area contributed by atoms with Crippen LogP contribution in [0.25, 0.3) is 5.65 Å². The van der Waals surface area contributed by atoms with E-state index >= 15 is 0 Å². The van der Waals surface area contributed by atoms with E-state index < -0.39 is 0 Å². The second kappa shape index (κ2) is 7.00. The number of rotatable bonds is 4. The first-order chi connectivity index (χ1) is 12.5. The molecule has 0 aliphatic carbocycles. The highest BCUT2D eigenvalue weighted by molar-refractivity contribution is 6.30. The Morgan fingerprint density at radius 1 is 1.23 bits per heavy atom. The van der Waals surface area contributed by atoms with Crippen molar-refractivity contribution in [3.05, 3.63) is 45.5 Å². The number of aromatic nitrogens is 2. The van der Waals surface area contributed by atoms with Gasteiger partial charge in [-0.3, -0.25) is 18.9 Å². The van der Waals surface area contributed by atoms with Gasteiger partial charge in [0.25, 0.3) is 5.56 Å². The summed E-state index contributed by atoms with van der Waals surface area (Å²) in [6.07, 6.45) is 4.61. The van der Waals surface area contributed by atoms with Crippen molar-refractivity contribution in [1.29, 1.82) is 0 Å². The number of pyridine rings is 1. The number of fused-ring (bicyclic) bond motifs is 5.